The SMILES string of the molecule is CCCNC1CCCC(Sc2ncccn2)C1. The minimum atomic E-state index is 0.681. The van der Waals surface area contributed by atoms with Gasteiger partial charge in [-0.3, -0.25) is 0 Å². The summed E-state index contributed by atoms with van der Waals surface area (Å²) >= 11 is 1.84. The van der Waals surface area contributed by atoms with Gasteiger partial charge in [0.25, 0.3) is 0 Å². The molecule has 2 atom stereocenters. The summed E-state index contributed by atoms with van der Waals surface area (Å²) in [5.74, 6) is 0. The van der Waals surface area contributed by atoms with Crippen molar-refractivity contribution < 1.29 is 0 Å². The number of aromatic nitrogens is 2. The molecule has 1 N–H and O–H groups in total. The van der Waals surface area contributed by atoms with Crippen molar-refractivity contribution in [3.63, 3.8) is 0 Å². The summed E-state index contributed by atoms with van der Waals surface area (Å²) in [4.78, 5) is 8.58. The van der Waals surface area contributed by atoms with E-state index < -0.39 is 0 Å². The highest BCUT2D eigenvalue weighted by Gasteiger charge is 2.22. The molecule has 94 valence electrons. The van der Waals surface area contributed by atoms with Gasteiger partial charge in [-0.15, -0.1) is 0 Å². The quantitative estimate of drug-likeness (QED) is 0.817. The molecule has 1 fully saturated rings. The maximum absolute atomic E-state index is 4.29. The Morgan fingerprint density at radius 1 is 1.35 bits per heavy atom. The first-order valence-electron chi connectivity index (χ1n) is 6.55. The molecule has 0 aliphatic heterocycles. The summed E-state index contributed by atoms with van der Waals surface area (Å²) < 4.78 is 0. The lowest BCUT2D eigenvalue weighted by Crippen LogP contribution is -2.35. The van der Waals surface area contributed by atoms with Gasteiger partial charge in [0.1, 0.15) is 0 Å². The molecular formula is C13H21N3S. The number of hydrogen-bond donors (Lipinski definition) is 1. The third-order valence-electron chi connectivity index (χ3n) is 3.12. The lowest BCUT2D eigenvalue weighted by atomic mass is 9.95. The predicted molar refractivity (Wildman–Crippen MR) is 72.2 cm³/mol. The van der Waals surface area contributed by atoms with Crippen LogP contribution in [0, 0.1) is 0 Å². The van der Waals surface area contributed by atoms with Crippen molar-refractivity contribution in [1.29, 1.82) is 0 Å². The third kappa shape index (κ3) is 4.28. The molecule has 3 nitrogen and oxygen atoms in total. The monoisotopic (exact) mass is 251 g/mol. The Morgan fingerprint density at radius 2 is 2.18 bits per heavy atom. The Hall–Kier alpha value is -0.610. The fourth-order valence-electron chi connectivity index (χ4n) is 2.28. The zero-order valence-electron chi connectivity index (χ0n) is 10.4. The van der Waals surface area contributed by atoms with Crippen LogP contribution in [0.25, 0.3) is 0 Å². The normalized spacial score (nSPS) is 24.8. The third-order valence-corrected chi connectivity index (χ3v) is 4.31. The molecule has 0 aromatic carbocycles. The van der Waals surface area contributed by atoms with E-state index in [9.17, 15) is 0 Å². The van der Waals surface area contributed by atoms with Crippen LogP contribution in [0.4, 0.5) is 0 Å². The van der Waals surface area contributed by atoms with Crippen molar-refractivity contribution in [1.82, 2.24) is 15.3 Å². The molecule has 1 aromatic heterocycles. The van der Waals surface area contributed by atoms with Crippen LogP contribution in [0.15, 0.2) is 23.6 Å². The summed E-state index contributed by atoms with van der Waals surface area (Å²) in [6.45, 7) is 3.36. The molecule has 2 unspecified atom stereocenters. The highest BCUT2D eigenvalue weighted by atomic mass is 32.2. The van der Waals surface area contributed by atoms with E-state index in [-0.39, 0.29) is 0 Å². The summed E-state index contributed by atoms with van der Waals surface area (Å²) in [5, 5.41) is 5.24. The Kier molecular flexibility index (Phi) is 5.26. The molecule has 0 amide bonds. The molecule has 2 rings (SSSR count). The van der Waals surface area contributed by atoms with Gasteiger partial charge in [0.2, 0.25) is 0 Å². The minimum Gasteiger partial charge on any atom is -0.314 e. The van der Waals surface area contributed by atoms with Gasteiger partial charge in [-0.1, -0.05) is 25.1 Å². The Balaban J connectivity index is 1.81. The van der Waals surface area contributed by atoms with Crippen LogP contribution in [0.3, 0.4) is 0 Å². The first kappa shape index (κ1) is 12.8. The summed E-state index contributed by atoms with van der Waals surface area (Å²) in [5.41, 5.74) is 0. The maximum Gasteiger partial charge on any atom is 0.187 e. The molecule has 1 aliphatic rings. The van der Waals surface area contributed by atoms with E-state index in [1.54, 1.807) is 0 Å². The molecule has 1 aromatic rings. The van der Waals surface area contributed by atoms with Gasteiger partial charge in [0.15, 0.2) is 5.16 Å². The lowest BCUT2D eigenvalue weighted by Gasteiger charge is -2.28. The molecule has 4 heteroatoms. The second-order valence-electron chi connectivity index (χ2n) is 4.59. The number of nitrogens with one attached hydrogen (secondary N) is 1. The van der Waals surface area contributed by atoms with Crippen molar-refractivity contribution in [2.24, 2.45) is 0 Å². The molecular weight excluding hydrogens is 230 g/mol. The van der Waals surface area contributed by atoms with Gasteiger partial charge in [-0.2, -0.15) is 0 Å². The largest absolute Gasteiger partial charge is 0.314 e. The summed E-state index contributed by atoms with van der Waals surface area (Å²) in [6.07, 6.45) is 10.1. The Labute approximate surface area is 108 Å². The molecule has 0 radical (unpaired) electrons. The fourth-order valence-corrected chi connectivity index (χ4v) is 3.44. The van der Waals surface area contributed by atoms with E-state index in [1.165, 1.54) is 32.1 Å². The van der Waals surface area contributed by atoms with Crippen LogP contribution in [0.1, 0.15) is 39.0 Å². The molecule has 1 heterocycles. The van der Waals surface area contributed by atoms with Crippen molar-refractivity contribution in [3.8, 4) is 0 Å². The molecule has 0 saturated heterocycles. The second kappa shape index (κ2) is 6.97. The van der Waals surface area contributed by atoms with Crippen LogP contribution in [0.5, 0.6) is 0 Å². The van der Waals surface area contributed by atoms with Gasteiger partial charge in [-0.25, -0.2) is 9.97 Å². The Morgan fingerprint density at radius 3 is 2.94 bits per heavy atom. The summed E-state index contributed by atoms with van der Waals surface area (Å²) in [6, 6.07) is 2.57. The standard InChI is InChI=1S/C13H21N3S/c1-2-7-14-11-5-3-6-12(10-11)17-13-15-8-4-9-16-13/h4,8-9,11-12,14H,2-3,5-7,10H2,1H3. The molecule has 1 aliphatic carbocycles. The van der Waals surface area contributed by atoms with Gasteiger partial charge in [0, 0.05) is 23.7 Å². The smallest absolute Gasteiger partial charge is 0.187 e. The first-order valence-corrected chi connectivity index (χ1v) is 7.43. The molecule has 0 bridgehead atoms. The highest BCUT2D eigenvalue weighted by Crippen LogP contribution is 2.31. The van der Waals surface area contributed by atoms with Crippen LogP contribution in [-0.4, -0.2) is 27.8 Å². The summed E-state index contributed by atoms with van der Waals surface area (Å²) in [7, 11) is 0. The van der Waals surface area contributed by atoms with Crippen LogP contribution < -0.4 is 5.32 Å². The zero-order chi connectivity index (χ0) is 11.9. The molecule has 0 spiro atoms. The first-order chi connectivity index (χ1) is 8.38. The molecule has 1 saturated carbocycles. The van der Waals surface area contributed by atoms with Crippen molar-refractivity contribution in [2.75, 3.05) is 6.54 Å². The minimum absolute atomic E-state index is 0.681. The van der Waals surface area contributed by atoms with Crippen molar-refractivity contribution in [3.05, 3.63) is 18.5 Å². The molecule has 17 heavy (non-hydrogen) atoms. The van der Waals surface area contributed by atoms with Crippen LogP contribution in [-0.2, 0) is 0 Å². The zero-order valence-corrected chi connectivity index (χ0v) is 11.2. The van der Waals surface area contributed by atoms with E-state index in [0.29, 0.717) is 11.3 Å². The van der Waals surface area contributed by atoms with Gasteiger partial charge in [0.05, 0.1) is 0 Å². The number of thioether (sulfide) groups is 1. The maximum atomic E-state index is 4.29. The van der Waals surface area contributed by atoms with Crippen molar-refractivity contribution >= 4 is 11.8 Å². The number of hydrogen-bond acceptors (Lipinski definition) is 4. The van der Waals surface area contributed by atoms with Gasteiger partial charge in [-0.05, 0) is 38.3 Å². The average Bonchev–Trinajstić information content (AvgIpc) is 2.38. The lowest BCUT2D eigenvalue weighted by molar-refractivity contribution is 0.381. The van der Waals surface area contributed by atoms with E-state index in [2.05, 4.69) is 22.2 Å². The number of rotatable bonds is 5. The van der Waals surface area contributed by atoms with Gasteiger partial charge >= 0.3 is 0 Å². The van der Waals surface area contributed by atoms with E-state index in [4.69, 9.17) is 0 Å². The predicted octanol–water partition coefficient (Wildman–Crippen LogP) is 2.88. The van der Waals surface area contributed by atoms with E-state index in [1.807, 2.05) is 30.2 Å². The van der Waals surface area contributed by atoms with E-state index >= 15 is 0 Å². The fraction of sp³-hybridized carbons (Fsp3) is 0.692. The topological polar surface area (TPSA) is 37.8 Å². The Bertz CT molecular complexity index is 318. The van der Waals surface area contributed by atoms with Crippen LogP contribution in [0.2, 0.25) is 0 Å². The van der Waals surface area contributed by atoms with E-state index in [0.717, 1.165) is 11.7 Å². The van der Waals surface area contributed by atoms with Gasteiger partial charge < -0.3 is 5.32 Å². The second-order valence-corrected chi connectivity index (χ2v) is 5.86. The average molecular weight is 251 g/mol. The highest BCUT2D eigenvalue weighted by molar-refractivity contribution is 7.99. The number of nitrogens with zero attached hydrogens (tertiary/aromatic N) is 2. The van der Waals surface area contributed by atoms with Crippen molar-refractivity contribution in [2.45, 2.75) is 55.5 Å². The van der Waals surface area contributed by atoms with Crippen LogP contribution >= 0.6 is 11.8 Å².